The van der Waals surface area contributed by atoms with Crippen molar-refractivity contribution in [1.29, 1.82) is 0 Å². The van der Waals surface area contributed by atoms with E-state index >= 15 is 0 Å². The second-order valence-corrected chi connectivity index (χ2v) is 7.83. The van der Waals surface area contributed by atoms with E-state index in [0.717, 1.165) is 12.8 Å². The van der Waals surface area contributed by atoms with Crippen LogP contribution in [0.25, 0.3) is 0 Å². The monoisotopic (exact) mass is 391 g/mol. The number of nitrogens with zero attached hydrogens (tertiary/aromatic N) is 1. The first-order valence-electron chi connectivity index (χ1n) is 10.3. The van der Waals surface area contributed by atoms with E-state index in [9.17, 15) is 14.4 Å². The maximum atomic E-state index is 13.2. The standard InChI is InChI=1S/C24H25NO4/c1-2-13-29-24(28)18-9-6-10-19(14-18)25-22(26)20-12-11-17(15-21(20)23(25)27)16-7-4-3-5-8-16/h3-10,14,17,20-21H,2,11-13,15H2,1H3/t17-,20-,21-/m0/s1. The van der Waals surface area contributed by atoms with Gasteiger partial charge in [0.25, 0.3) is 0 Å². The van der Waals surface area contributed by atoms with Crippen LogP contribution >= 0.6 is 0 Å². The summed E-state index contributed by atoms with van der Waals surface area (Å²) in [5.74, 6) is -1.00. The molecule has 0 aromatic heterocycles. The van der Waals surface area contributed by atoms with Gasteiger partial charge in [-0.3, -0.25) is 14.5 Å². The molecule has 1 saturated heterocycles. The van der Waals surface area contributed by atoms with E-state index < -0.39 is 5.97 Å². The molecule has 3 atom stereocenters. The molecule has 0 spiro atoms. The van der Waals surface area contributed by atoms with E-state index in [2.05, 4.69) is 12.1 Å². The molecule has 2 fully saturated rings. The van der Waals surface area contributed by atoms with Crippen molar-refractivity contribution in [2.45, 2.75) is 38.5 Å². The van der Waals surface area contributed by atoms with Crippen molar-refractivity contribution in [3.8, 4) is 0 Å². The number of rotatable bonds is 5. The van der Waals surface area contributed by atoms with Crippen molar-refractivity contribution in [3.05, 3.63) is 65.7 Å². The fourth-order valence-electron chi connectivity index (χ4n) is 4.51. The summed E-state index contributed by atoms with van der Waals surface area (Å²) in [6.07, 6.45) is 3.04. The summed E-state index contributed by atoms with van der Waals surface area (Å²) in [4.78, 5) is 39.7. The Morgan fingerprint density at radius 1 is 1.00 bits per heavy atom. The quantitative estimate of drug-likeness (QED) is 0.562. The molecule has 0 radical (unpaired) electrons. The number of carbonyl (C=O) groups excluding carboxylic acids is 3. The van der Waals surface area contributed by atoms with Crippen LogP contribution in [0.5, 0.6) is 0 Å². The van der Waals surface area contributed by atoms with E-state index in [1.807, 2.05) is 25.1 Å². The molecule has 4 rings (SSSR count). The number of anilines is 1. The first kappa shape index (κ1) is 19.4. The average Bonchev–Trinajstić information content (AvgIpc) is 3.02. The van der Waals surface area contributed by atoms with Crippen LogP contribution in [0, 0.1) is 11.8 Å². The van der Waals surface area contributed by atoms with Crippen LogP contribution in [0.15, 0.2) is 54.6 Å². The highest BCUT2D eigenvalue weighted by Crippen LogP contribution is 2.45. The largest absolute Gasteiger partial charge is 0.462 e. The highest BCUT2D eigenvalue weighted by atomic mass is 16.5. The summed E-state index contributed by atoms with van der Waals surface area (Å²) < 4.78 is 5.18. The van der Waals surface area contributed by atoms with Crippen molar-refractivity contribution < 1.29 is 19.1 Å². The predicted octanol–water partition coefficient (Wildman–Crippen LogP) is 4.33. The van der Waals surface area contributed by atoms with E-state index in [4.69, 9.17) is 4.74 Å². The topological polar surface area (TPSA) is 63.7 Å². The van der Waals surface area contributed by atoms with Gasteiger partial charge < -0.3 is 4.74 Å². The number of hydrogen-bond donors (Lipinski definition) is 0. The maximum Gasteiger partial charge on any atom is 0.338 e. The molecule has 5 heteroatoms. The molecule has 29 heavy (non-hydrogen) atoms. The van der Waals surface area contributed by atoms with Gasteiger partial charge in [0.1, 0.15) is 0 Å². The maximum absolute atomic E-state index is 13.2. The van der Waals surface area contributed by atoms with Gasteiger partial charge in [-0.15, -0.1) is 0 Å². The molecule has 150 valence electrons. The highest BCUT2D eigenvalue weighted by molar-refractivity contribution is 6.22. The number of benzene rings is 2. The third-order valence-corrected chi connectivity index (χ3v) is 5.97. The fraction of sp³-hybridized carbons (Fsp3) is 0.375. The molecule has 2 aromatic rings. The summed E-state index contributed by atoms with van der Waals surface area (Å²) in [6.45, 7) is 2.27. The van der Waals surface area contributed by atoms with Crippen molar-refractivity contribution in [2.75, 3.05) is 11.5 Å². The molecule has 5 nitrogen and oxygen atoms in total. The first-order chi connectivity index (χ1) is 14.1. The van der Waals surface area contributed by atoms with Crippen LogP contribution in [-0.2, 0) is 14.3 Å². The summed E-state index contributed by atoms with van der Waals surface area (Å²) >= 11 is 0. The molecule has 0 unspecified atom stereocenters. The lowest BCUT2D eigenvalue weighted by Crippen LogP contribution is -2.31. The van der Waals surface area contributed by atoms with E-state index in [1.54, 1.807) is 24.3 Å². The summed E-state index contributed by atoms with van der Waals surface area (Å²) in [7, 11) is 0. The number of amides is 2. The Kier molecular flexibility index (Phi) is 5.47. The lowest BCUT2D eigenvalue weighted by atomic mass is 9.73. The third kappa shape index (κ3) is 3.69. The molecule has 0 N–H and O–H groups in total. The Hall–Kier alpha value is -2.95. The zero-order valence-electron chi connectivity index (χ0n) is 16.5. The number of ether oxygens (including phenoxy) is 1. The van der Waals surface area contributed by atoms with Crippen molar-refractivity contribution in [1.82, 2.24) is 0 Å². The van der Waals surface area contributed by atoms with Gasteiger partial charge in [-0.1, -0.05) is 43.3 Å². The van der Waals surface area contributed by atoms with Crippen LogP contribution < -0.4 is 4.90 Å². The van der Waals surface area contributed by atoms with Crippen molar-refractivity contribution >= 4 is 23.5 Å². The fourth-order valence-corrected chi connectivity index (χ4v) is 4.51. The van der Waals surface area contributed by atoms with Gasteiger partial charge in [-0.25, -0.2) is 4.79 Å². The highest BCUT2D eigenvalue weighted by Gasteiger charge is 2.50. The van der Waals surface area contributed by atoms with Crippen LogP contribution in [-0.4, -0.2) is 24.4 Å². The second kappa shape index (κ2) is 8.19. The Bertz CT molecular complexity index is 923. The molecular weight excluding hydrogens is 366 g/mol. The number of imide groups is 1. The second-order valence-electron chi connectivity index (χ2n) is 7.83. The number of fused-ring (bicyclic) bond motifs is 1. The molecule has 1 aliphatic carbocycles. The van der Waals surface area contributed by atoms with Crippen molar-refractivity contribution in [3.63, 3.8) is 0 Å². The molecule has 2 aromatic carbocycles. The minimum Gasteiger partial charge on any atom is -0.462 e. The van der Waals surface area contributed by atoms with Gasteiger partial charge >= 0.3 is 5.97 Å². The zero-order chi connectivity index (χ0) is 20.4. The Morgan fingerprint density at radius 3 is 2.52 bits per heavy atom. The van der Waals surface area contributed by atoms with Gasteiger partial charge in [0.2, 0.25) is 11.8 Å². The predicted molar refractivity (Wildman–Crippen MR) is 110 cm³/mol. The molecule has 0 bridgehead atoms. The molecule has 1 heterocycles. The van der Waals surface area contributed by atoms with E-state index in [-0.39, 0.29) is 23.7 Å². The normalized spacial score (nSPS) is 23.8. The minimum atomic E-state index is -0.436. The van der Waals surface area contributed by atoms with Crippen LogP contribution in [0.3, 0.4) is 0 Å². The molecule has 2 amide bonds. The van der Waals surface area contributed by atoms with Gasteiger partial charge in [0, 0.05) is 0 Å². The minimum absolute atomic E-state index is 0.148. The number of carbonyl (C=O) groups is 3. The first-order valence-corrected chi connectivity index (χ1v) is 10.3. The van der Waals surface area contributed by atoms with E-state index in [1.165, 1.54) is 10.5 Å². The Balaban J connectivity index is 1.55. The SMILES string of the molecule is CCCOC(=O)c1cccc(N2C(=O)[C@H]3CC[C@H](c4ccccc4)C[C@@H]3C2=O)c1. The summed E-state index contributed by atoms with van der Waals surface area (Å²) in [5, 5.41) is 0. The molecule has 1 aliphatic heterocycles. The smallest absolute Gasteiger partial charge is 0.338 e. The van der Waals surface area contributed by atoms with Crippen LogP contribution in [0.2, 0.25) is 0 Å². The average molecular weight is 391 g/mol. The van der Waals surface area contributed by atoms with Crippen molar-refractivity contribution in [2.24, 2.45) is 11.8 Å². The summed E-state index contributed by atoms with van der Waals surface area (Å²) in [6, 6.07) is 16.8. The molecule has 1 saturated carbocycles. The van der Waals surface area contributed by atoms with Gasteiger partial charge in [0.15, 0.2) is 0 Å². The Morgan fingerprint density at radius 2 is 1.76 bits per heavy atom. The number of hydrogen-bond acceptors (Lipinski definition) is 4. The van der Waals surface area contributed by atoms with Crippen LogP contribution in [0.1, 0.15) is 54.4 Å². The lowest BCUT2D eigenvalue weighted by Gasteiger charge is -2.28. The lowest BCUT2D eigenvalue weighted by molar-refractivity contribution is -0.122. The zero-order valence-corrected chi connectivity index (χ0v) is 16.5. The van der Waals surface area contributed by atoms with Crippen LogP contribution in [0.4, 0.5) is 5.69 Å². The van der Waals surface area contributed by atoms with Gasteiger partial charge in [0.05, 0.1) is 29.7 Å². The number of esters is 1. The van der Waals surface area contributed by atoms with Gasteiger partial charge in [-0.05, 0) is 55.4 Å². The van der Waals surface area contributed by atoms with Gasteiger partial charge in [-0.2, -0.15) is 0 Å². The summed E-state index contributed by atoms with van der Waals surface area (Å²) in [5.41, 5.74) is 2.04. The third-order valence-electron chi connectivity index (χ3n) is 5.97. The molecular formula is C24H25NO4. The van der Waals surface area contributed by atoms with E-state index in [0.29, 0.717) is 36.6 Å². The Labute approximate surface area is 170 Å². The molecule has 2 aliphatic rings.